The molecule has 0 aromatic carbocycles. The Kier molecular flexibility index (Phi) is 2.16. The first-order valence-electron chi connectivity index (χ1n) is 2.91. The molecule has 0 bridgehead atoms. The van der Waals surface area contributed by atoms with Crippen LogP contribution in [0.3, 0.4) is 0 Å². The second kappa shape index (κ2) is 2.96. The lowest BCUT2D eigenvalue weighted by molar-refractivity contribution is 0.139. The minimum absolute atomic E-state index is 0.591. The molecule has 6 heteroatoms. The Morgan fingerprint density at radius 1 is 1.33 bits per heavy atom. The molecule has 0 aliphatic carbocycles. The molecular formula is C6H4F4N2. The van der Waals surface area contributed by atoms with E-state index in [4.69, 9.17) is 5.73 Å². The van der Waals surface area contributed by atoms with Crippen LogP contribution < -0.4 is 5.73 Å². The summed E-state index contributed by atoms with van der Waals surface area (Å²) < 4.78 is 48.8. The molecule has 1 rings (SSSR count). The van der Waals surface area contributed by atoms with E-state index in [9.17, 15) is 17.6 Å². The molecule has 1 heterocycles. The quantitative estimate of drug-likeness (QED) is 0.529. The summed E-state index contributed by atoms with van der Waals surface area (Å²) in [5, 5.41) is 0. The first kappa shape index (κ1) is 8.76. The van der Waals surface area contributed by atoms with Gasteiger partial charge in [0.15, 0.2) is 5.82 Å². The minimum Gasteiger partial charge on any atom is -0.395 e. The van der Waals surface area contributed by atoms with E-state index in [2.05, 4.69) is 4.98 Å². The lowest BCUT2D eigenvalue weighted by Gasteiger charge is -2.03. The fourth-order valence-corrected chi connectivity index (χ4v) is 0.684. The fourth-order valence-electron chi connectivity index (χ4n) is 0.684. The summed E-state index contributed by atoms with van der Waals surface area (Å²) in [6, 6.07) is 0. The molecular weight excluding hydrogens is 176 g/mol. The van der Waals surface area contributed by atoms with E-state index < -0.39 is 29.4 Å². The lowest BCUT2D eigenvalue weighted by Crippen LogP contribution is -2.03. The van der Waals surface area contributed by atoms with Crippen LogP contribution in [0.2, 0.25) is 0 Å². The van der Waals surface area contributed by atoms with Gasteiger partial charge in [0.1, 0.15) is 5.56 Å². The number of aromatic nitrogens is 1. The van der Waals surface area contributed by atoms with Crippen LogP contribution in [-0.2, 0) is 0 Å². The zero-order valence-electron chi connectivity index (χ0n) is 5.69. The van der Waals surface area contributed by atoms with Crippen molar-refractivity contribution >= 4 is 5.69 Å². The third-order valence-electron chi connectivity index (χ3n) is 1.25. The standard InChI is InChI=1S/C6H4F4N2/c7-4-2(11)1-12-6(10)3(4)5(8)9/h1,5H,11H2. The van der Waals surface area contributed by atoms with Crippen LogP contribution in [0.1, 0.15) is 12.0 Å². The van der Waals surface area contributed by atoms with Crippen molar-refractivity contribution in [2.45, 2.75) is 6.43 Å². The van der Waals surface area contributed by atoms with E-state index in [-0.39, 0.29) is 0 Å². The maximum absolute atomic E-state index is 12.6. The fraction of sp³-hybridized carbons (Fsp3) is 0.167. The van der Waals surface area contributed by atoms with Crippen LogP contribution in [0.5, 0.6) is 0 Å². The molecule has 0 atom stereocenters. The van der Waals surface area contributed by atoms with E-state index in [0.29, 0.717) is 6.20 Å². The van der Waals surface area contributed by atoms with Crippen LogP contribution in [0, 0.1) is 11.8 Å². The van der Waals surface area contributed by atoms with Gasteiger partial charge >= 0.3 is 0 Å². The van der Waals surface area contributed by atoms with Crippen molar-refractivity contribution in [1.82, 2.24) is 4.98 Å². The van der Waals surface area contributed by atoms with Gasteiger partial charge in [-0.2, -0.15) is 4.39 Å². The van der Waals surface area contributed by atoms with E-state index in [1.807, 2.05) is 0 Å². The number of rotatable bonds is 1. The number of hydrogen-bond donors (Lipinski definition) is 1. The average molecular weight is 180 g/mol. The van der Waals surface area contributed by atoms with E-state index in [1.54, 1.807) is 0 Å². The summed E-state index contributed by atoms with van der Waals surface area (Å²) in [6.07, 6.45) is -2.60. The Morgan fingerprint density at radius 3 is 2.33 bits per heavy atom. The van der Waals surface area contributed by atoms with E-state index in [0.717, 1.165) is 0 Å². The van der Waals surface area contributed by atoms with Crippen molar-refractivity contribution in [2.75, 3.05) is 5.73 Å². The first-order valence-corrected chi connectivity index (χ1v) is 2.91. The summed E-state index contributed by atoms with van der Waals surface area (Å²) in [7, 11) is 0. The van der Waals surface area contributed by atoms with Crippen molar-refractivity contribution < 1.29 is 17.6 Å². The minimum atomic E-state index is -3.25. The monoisotopic (exact) mass is 180 g/mol. The number of halogens is 4. The average Bonchev–Trinajstić information content (AvgIpc) is 1.97. The molecule has 12 heavy (non-hydrogen) atoms. The molecule has 1 aromatic heterocycles. The highest BCUT2D eigenvalue weighted by Crippen LogP contribution is 2.26. The molecule has 0 aliphatic rings. The van der Waals surface area contributed by atoms with Crippen LogP contribution in [0.25, 0.3) is 0 Å². The van der Waals surface area contributed by atoms with Gasteiger partial charge in [-0.25, -0.2) is 18.2 Å². The number of hydrogen-bond acceptors (Lipinski definition) is 2. The number of nitrogens with two attached hydrogens (primary N) is 1. The van der Waals surface area contributed by atoms with Crippen LogP contribution >= 0.6 is 0 Å². The number of anilines is 1. The number of nitrogen functional groups attached to an aromatic ring is 1. The van der Waals surface area contributed by atoms with Gasteiger partial charge in [0.25, 0.3) is 6.43 Å². The second-order valence-electron chi connectivity index (χ2n) is 2.03. The van der Waals surface area contributed by atoms with Crippen molar-refractivity contribution in [3.8, 4) is 0 Å². The molecule has 0 saturated heterocycles. The first-order chi connectivity index (χ1) is 5.54. The smallest absolute Gasteiger partial charge is 0.271 e. The zero-order chi connectivity index (χ0) is 9.30. The van der Waals surface area contributed by atoms with Gasteiger partial charge in [0.2, 0.25) is 5.95 Å². The maximum atomic E-state index is 12.6. The van der Waals surface area contributed by atoms with Gasteiger partial charge in [-0.1, -0.05) is 0 Å². The Hall–Kier alpha value is -1.33. The van der Waals surface area contributed by atoms with Crippen molar-refractivity contribution in [3.05, 3.63) is 23.5 Å². The molecule has 2 nitrogen and oxygen atoms in total. The third-order valence-corrected chi connectivity index (χ3v) is 1.25. The molecule has 2 N–H and O–H groups in total. The van der Waals surface area contributed by atoms with E-state index in [1.165, 1.54) is 0 Å². The zero-order valence-corrected chi connectivity index (χ0v) is 5.69. The Bertz CT molecular complexity index is 300. The molecule has 0 saturated carbocycles. The maximum Gasteiger partial charge on any atom is 0.271 e. The van der Waals surface area contributed by atoms with Crippen LogP contribution in [0.15, 0.2) is 6.20 Å². The van der Waals surface area contributed by atoms with Crippen molar-refractivity contribution in [3.63, 3.8) is 0 Å². The Balaban J connectivity index is 3.33. The highest BCUT2D eigenvalue weighted by molar-refractivity contribution is 5.40. The van der Waals surface area contributed by atoms with Gasteiger partial charge in [-0.3, -0.25) is 0 Å². The molecule has 0 amide bonds. The summed E-state index contributed by atoms with van der Waals surface area (Å²) >= 11 is 0. The molecule has 1 aromatic rings. The molecule has 0 spiro atoms. The van der Waals surface area contributed by atoms with Gasteiger partial charge in [0.05, 0.1) is 11.9 Å². The topological polar surface area (TPSA) is 38.9 Å². The summed E-state index contributed by atoms with van der Waals surface area (Å²) in [6.45, 7) is 0. The Morgan fingerprint density at radius 2 is 1.92 bits per heavy atom. The van der Waals surface area contributed by atoms with E-state index >= 15 is 0 Å². The van der Waals surface area contributed by atoms with Gasteiger partial charge in [-0.05, 0) is 0 Å². The van der Waals surface area contributed by atoms with Gasteiger partial charge in [0, 0.05) is 0 Å². The second-order valence-corrected chi connectivity index (χ2v) is 2.03. The highest BCUT2D eigenvalue weighted by Gasteiger charge is 2.21. The number of nitrogens with zero attached hydrogens (tertiary/aromatic N) is 1. The predicted molar refractivity (Wildman–Crippen MR) is 33.5 cm³/mol. The molecule has 0 aliphatic heterocycles. The molecule has 0 fully saturated rings. The SMILES string of the molecule is Nc1cnc(F)c(C(F)F)c1F. The lowest BCUT2D eigenvalue weighted by atomic mass is 10.2. The number of pyridine rings is 1. The summed E-state index contributed by atoms with van der Waals surface area (Å²) in [4.78, 5) is 2.85. The predicted octanol–water partition coefficient (Wildman–Crippen LogP) is 1.88. The van der Waals surface area contributed by atoms with Crippen molar-refractivity contribution in [2.24, 2.45) is 0 Å². The largest absolute Gasteiger partial charge is 0.395 e. The number of alkyl halides is 2. The third kappa shape index (κ3) is 1.32. The highest BCUT2D eigenvalue weighted by atomic mass is 19.3. The Labute approximate surface area is 65.0 Å². The molecule has 66 valence electrons. The van der Waals surface area contributed by atoms with Crippen LogP contribution in [0.4, 0.5) is 23.2 Å². The van der Waals surface area contributed by atoms with Gasteiger partial charge in [-0.15, -0.1) is 0 Å². The normalized spacial score (nSPS) is 10.8. The van der Waals surface area contributed by atoms with Gasteiger partial charge < -0.3 is 5.73 Å². The molecule has 0 unspecified atom stereocenters. The van der Waals surface area contributed by atoms with Crippen LogP contribution in [-0.4, -0.2) is 4.98 Å². The summed E-state index contributed by atoms with van der Waals surface area (Å²) in [5.41, 5.74) is 2.92. The molecule has 0 radical (unpaired) electrons. The summed E-state index contributed by atoms with van der Waals surface area (Å²) in [5.74, 6) is -2.98. The van der Waals surface area contributed by atoms with Crippen molar-refractivity contribution in [1.29, 1.82) is 0 Å².